The van der Waals surface area contributed by atoms with Gasteiger partial charge in [0.25, 0.3) is 0 Å². The zero-order valence-corrected chi connectivity index (χ0v) is 59.4. The number of hydrogen-bond acceptors (Lipinski definition) is 3. The van der Waals surface area contributed by atoms with Crippen molar-refractivity contribution in [2.24, 2.45) is 0 Å². The van der Waals surface area contributed by atoms with Crippen LogP contribution in [0.1, 0.15) is 237 Å². The van der Waals surface area contributed by atoms with Gasteiger partial charge in [-0.25, -0.2) is 0 Å². The zero-order chi connectivity index (χ0) is 60.5. The molecule has 4 aromatic rings. The first-order valence-electron chi connectivity index (χ1n) is 29.7. The minimum Gasteiger partial charge on any atom is -0.507 e. The van der Waals surface area contributed by atoms with Crippen LogP contribution in [0.4, 0.5) is 0 Å². The van der Waals surface area contributed by atoms with Gasteiger partial charge < -0.3 is 15.3 Å². The summed E-state index contributed by atoms with van der Waals surface area (Å²) < 4.78 is 0. The second kappa shape index (κ2) is 24.2. The standard InChI is InChI=1S/C28H52OSi.C24H36OSi.C19H34OSi/c1-24(2,3)21-18-20(19-22(23(21)29)25(4,5)6)16-17-30(26(7,8)9,27(10,11)12)28(13,14)15;1-23(2,3)20-16-18(17-21(22(20)25)24(4,5)6)14-15-26(7,8)19-12-10-9-11-13-19;1-18(2,3)15-12-14(10-11-21(7,8)9)13-16(17(15)20)19(4,5)6/h18-19,29H,16-17H2,1-15H3;9-13,16-17,25H,14-15H2,1-8H3;12-13,20H,10-11H2,1-9H3. The summed E-state index contributed by atoms with van der Waals surface area (Å²) in [6.45, 7) is 73.9. The molecule has 0 aliphatic rings. The first-order valence-corrected chi connectivity index (χ1v) is 38.8. The Hall–Kier alpha value is -3.07. The number of hydrogen-bond donors (Lipinski definition) is 3. The summed E-state index contributed by atoms with van der Waals surface area (Å²) in [6, 6.07) is 28.2. The molecule has 0 bridgehead atoms. The topological polar surface area (TPSA) is 60.7 Å². The third kappa shape index (κ3) is 18.7. The van der Waals surface area contributed by atoms with Gasteiger partial charge in [-0.15, -0.1) is 0 Å². The highest BCUT2D eigenvalue weighted by atomic mass is 28.3. The van der Waals surface area contributed by atoms with E-state index < -0.39 is 24.2 Å². The van der Waals surface area contributed by atoms with Crippen molar-refractivity contribution < 1.29 is 15.3 Å². The molecule has 3 nitrogen and oxygen atoms in total. The Morgan fingerprint density at radius 1 is 0.312 bits per heavy atom. The first kappa shape index (κ1) is 70.0. The SMILES string of the molecule is CC(C)(C)c1cc(CC[Si](C(C)(C)C)(C(C)(C)C)C(C)(C)C)cc(C(C)(C)C)c1O.CC(C)(C)c1cc(CC[Si](C)(C)C)cc(C(C)(C)C)c1O.CC(C)(C)c1cc(CC[Si](C)(C)c2ccccc2)cc(C(C)(C)C)c1O. The summed E-state index contributed by atoms with van der Waals surface area (Å²) in [4.78, 5) is 0. The molecule has 0 amide bonds. The first-order chi connectivity index (χ1) is 34.0. The summed E-state index contributed by atoms with van der Waals surface area (Å²) >= 11 is 0. The molecule has 77 heavy (non-hydrogen) atoms. The molecule has 0 unspecified atom stereocenters. The maximum atomic E-state index is 11.1. The smallest absolute Gasteiger partial charge is 0.123 e. The number of phenolic OH excluding ortho intramolecular Hbond substituents is 3. The van der Waals surface area contributed by atoms with Crippen molar-refractivity contribution in [1.29, 1.82) is 0 Å². The number of phenols is 3. The highest BCUT2D eigenvalue weighted by Gasteiger charge is 2.58. The van der Waals surface area contributed by atoms with Gasteiger partial charge in [0.2, 0.25) is 0 Å². The van der Waals surface area contributed by atoms with E-state index in [1.54, 1.807) is 0 Å². The lowest BCUT2D eigenvalue weighted by atomic mass is 9.78. The summed E-state index contributed by atoms with van der Waals surface area (Å²) in [6.07, 6.45) is 3.28. The number of benzene rings is 4. The summed E-state index contributed by atoms with van der Waals surface area (Å²) in [5.41, 5.74) is 10.3. The fourth-order valence-electron chi connectivity index (χ4n) is 12.8. The minimum absolute atomic E-state index is 0.0285. The van der Waals surface area contributed by atoms with E-state index in [0.717, 1.165) is 52.6 Å². The largest absolute Gasteiger partial charge is 0.507 e. The van der Waals surface area contributed by atoms with E-state index in [4.69, 9.17) is 0 Å². The van der Waals surface area contributed by atoms with E-state index in [-0.39, 0.29) is 32.5 Å². The lowest BCUT2D eigenvalue weighted by molar-refractivity contribution is 0.422. The zero-order valence-electron chi connectivity index (χ0n) is 56.4. The van der Waals surface area contributed by atoms with Crippen LogP contribution in [-0.4, -0.2) is 39.5 Å². The van der Waals surface area contributed by atoms with Gasteiger partial charge in [-0.1, -0.05) is 304 Å². The quantitative estimate of drug-likeness (QED) is 0.139. The van der Waals surface area contributed by atoms with Gasteiger partial charge >= 0.3 is 0 Å². The van der Waals surface area contributed by atoms with E-state index in [1.165, 1.54) is 40.0 Å². The van der Waals surface area contributed by atoms with Crippen molar-refractivity contribution in [3.63, 3.8) is 0 Å². The maximum absolute atomic E-state index is 11.1. The van der Waals surface area contributed by atoms with Crippen molar-refractivity contribution >= 4 is 29.4 Å². The molecule has 0 aromatic heterocycles. The monoisotopic (exact) mass is 1110 g/mol. The van der Waals surface area contributed by atoms with Crippen LogP contribution >= 0.6 is 0 Å². The van der Waals surface area contributed by atoms with Crippen LogP contribution < -0.4 is 5.19 Å². The minimum atomic E-state index is -1.79. The molecule has 0 fully saturated rings. The fourth-order valence-corrected chi connectivity index (χ4v) is 25.8. The second-order valence-electron chi connectivity index (χ2n) is 34.6. The van der Waals surface area contributed by atoms with Crippen LogP contribution in [0.25, 0.3) is 0 Å². The number of aryl methyl sites for hydroxylation is 3. The van der Waals surface area contributed by atoms with Gasteiger partial charge in [0.1, 0.15) is 17.2 Å². The van der Waals surface area contributed by atoms with Crippen molar-refractivity contribution in [2.45, 2.75) is 305 Å². The molecule has 0 spiro atoms. The van der Waals surface area contributed by atoms with E-state index in [2.05, 4.69) is 286 Å². The molecule has 4 rings (SSSR count). The lowest BCUT2D eigenvalue weighted by Crippen LogP contribution is -2.58. The molecule has 0 radical (unpaired) electrons. The fraction of sp³-hybridized carbons (Fsp3) is 0.662. The van der Waals surface area contributed by atoms with Crippen LogP contribution in [-0.2, 0) is 51.8 Å². The predicted molar refractivity (Wildman–Crippen MR) is 354 cm³/mol. The molecule has 4 aromatic carbocycles. The molecular weight excluding hydrogens is 985 g/mol. The summed E-state index contributed by atoms with van der Waals surface area (Å²) in [5.74, 6) is 1.46. The van der Waals surface area contributed by atoms with Crippen LogP contribution in [0.3, 0.4) is 0 Å². The molecule has 0 saturated carbocycles. The van der Waals surface area contributed by atoms with Crippen molar-refractivity contribution in [3.05, 3.63) is 117 Å². The van der Waals surface area contributed by atoms with E-state index in [0.29, 0.717) is 32.4 Å². The van der Waals surface area contributed by atoms with Crippen molar-refractivity contribution in [1.82, 2.24) is 0 Å². The van der Waals surface area contributed by atoms with Crippen molar-refractivity contribution in [2.75, 3.05) is 0 Å². The van der Waals surface area contributed by atoms with Gasteiger partial charge in [-0.2, -0.15) is 0 Å². The molecular formula is C71H122O3Si3. The van der Waals surface area contributed by atoms with Crippen LogP contribution in [0, 0.1) is 0 Å². The molecule has 0 atom stereocenters. The summed E-state index contributed by atoms with van der Waals surface area (Å²) in [5, 5.41) is 35.2. The van der Waals surface area contributed by atoms with Crippen molar-refractivity contribution in [3.8, 4) is 17.2 Å². The average Bonchev–Trinajstić information content (AvgIpc) is 3.20. The third-order valence-corrected chi connectivity index (χ3v) is 30.6. The van der Waals surface area contributed by atoms with Crippen LogP contribution in [0.2, 0.25) is 66.0 Å². The van der Waals surface area contributed by atoms with E-state index >= 15 is 0 Å². The van der Waals surface area contributed by atoms with E-state index in [1.807, 2.05) is 0 Å². The lowest BCUT2D eigenvalue weighted by Gasteiger charge is -2.60. The molecule has 0 aliphatic carbocycles. The molecule has 436 valence electrons. The third-order valence-electron chi connectivity index (χ3n) is 16.7. The van der Waals surface area contributed by atoms with Gasteiger partial charge in [0.05, 0.1) is 16.1 Å². The molecule has 0 aliphatic heterocycles. The predicted octanol–water partition coefficient (Wildman–Crippen LogP) is 21.4. The Morgan fingerprint density at radius 3 is 0.740 bits per heavy atom. The molecule has 3 N–H and O–H groups in total. The normalized spacial score (nSPS) is 13.9. The Labute approximate surface area is 480 Å². The summed E-state index contributed by atoms with van der Waals surface area (Å²) in [7, 11) is -4.29. The maximum Gasteiger partial charge on any atom is 0.123 e. The number of aromatic hydroxyl groups is 3. The Kier molecular flexibility index (Phi) is 22.0. The number of rotatable bonds is 10. The van der Waals surface area contributed by atoms with Gasteiger partial charge in [-0.05, 0) is 123 Å². The Balaban J connectivity index is 0.000000401. The van der Waals surface area contributed by atoms with Gasteiger partial charge in [0.15, 0.2) is 0 Å². The Bertz CT molecular complexity index is 2400. The highest BCUT2D eigenvalue weighted by Crippen LogP contribution is 2.64. The van der Waals surface area contributed by atoms with E-state index in [9.17, 15) is 15.3 Å². The molecule has 6 heteroatoms. The second-order valence-corrected chi connectivity index (χ2v) is 51.9. The van der Waals surface area contributed by atoms with Gasteiger partial charge in [-0.3, -0.25) is 0 Å². The molecule has 0 heterocycles. The van der Waals surface area contributed by atoms with Gasteiger partial charge in [0, 0.05) is 8.07 Å². The van der Waals surface area contributed by atoms with Crippen LogP contribution in [0.15, 0.2) is 66.7 Å². The highest BCUT2D eigenvalue weighted by molar-refractivity contribution is 6.89. The van der Waals surface area contributed by atoms with Crippen LogP contribution in [0.5, 0.6) is 17.2 Å². The Morgan fingerprint density at radius 2 is 0.532 bits per heavy atom. The average molecular weight is 1110 g/mol. The molecule has 0 saturated heterocycles.